The number of hydrogen-bond acceptors (Lipinski definition) is 5. The topological polar surface area (TPSA) is 59.1 Å². The number of amides is 2. The minimum atomic E-state index is -0.286. The molecule has 0 unspecified atom stereocenters. The highest BCUT2D eigenvalue weighted by molar-refractivity contribution is 6.35. The first-order valence-electron chi connectivity index (χ1n) is 9.67. The van der Waals surface area contributed by atoms with Crippen molar-refractivity contribution in [1.29, 1.82) is 0 Å². The van der Waals surface area contributed by atoms with Gasteiger partial charge in [-0.2, -0.15) is 0 Å². The average Bonchev–Trinajstić information content (AvgIpc) is 3.01. The summed E-state index contributed by atoms with van der Waals surface area (Å²) in [6, 6.07) is 15.2. The van der Waals surface area contributed by atoms with Gasteiger partial charge >= 0.3 is 0 Å². The van der Waals surface area contributed by atoms with E-state index in [1.54, 1.807) is 39.3 Å². The number of likely N-dealkylation sites (N-methyl/N-ethyl adjacent to an activating group) is 2. The molecule has 6 nitrogen and oxygen atoms in total. The van der Waals surface area contributed by atoms with Gasteiger partial charge in [-0.25, -0.2) is 0 Å². The molecule has 0 fully saturated rings. The lowest BCUT2D eigenvalue weighted by Crippen LogP contribution is -2.34. The van der Waals surface area contributed by atoms with E-state index < -0.39 is 0 Å². The minimum Gasteiger partial charge on any atom is -0.493 e. The fourth-order valence-corrected chi connectivity index (χ4v) is 3.55. The van der Waals surface area contributed by atoms with Gasteiger partial charge in [0.2, 0.25) is 0 Å². The first-order valence-corrected chi connectivity index (χ1v) is 9.67. The van der Waals surface area contributed by atoms with Crippen LogP contribution in [-0.4, -0.2) is 48.9 Å². The first kappa shape index (κ1) is 20.5. The van der Waals surface area contributed by atoms with Crippen molar-refractivity contribution in [2.75, 3.05) is 27.3 Å². The minimum absolute atomic E-state index is 0.264. The van der Waals surface area contributed by atoms with Crippen LogP contribution < -0.4 is 9.47 Å². The summed E-state index contributed by atoms with van der Waals surface area (Å²) in [4.78, 5) is 29.5. The quantitative estimate of drug-likeness (QED) is 0.643. The number of methoxy groups -OCH3 is 2. The van der Waals surface area contributed by atoms with Crippen molar-refractivity contribution in [1.82, 2.24) is 9.80 Å². The zero-order valence-electron chi connectivity index (χ0n) is 17.3. The molecule has 2 aromatic carbocycles. The lowest BCUT2D eigenvalue weighted by atomic mass is 10.0. The van der Waals surface area contributed by atoms with Gasteiger partial charge in [-0.05, 0) is 37.1 Å². The largest absolute Gasteiger partial charge is 0.493 e. The molecular formula is C23H26N2O4. The van der Waals surface area contributed by atoms with Gasteiger partial charge in [0, 0.05) is 19.6 Å². The highest BCUT2D eigenvalue weighted by Crippen LogP contribution is 2.36. The molecule has 0 spiro atoms. The monoisotopic (exact) mass is 394 g/mol. The van der Waals surface area contributed by atoms with Crippen LogP contribution in [0.3, 0.4) is 0 Å². The molecule has 1 aliphatic rings. The fraction of sp³-hybridized carbons (Fsp3) is 0.304. The Morgan fingerprint density at radius 1 is 0.897 bits per heavy atom. The molecule has 0 saturated carbocycles. The summed E-state index contributed by atoms with van der Waals surface area (Å²) in [5, 5.41) is 0. The molecule has 152 valence electrons. The Morgan fingerprint density at radius 3 is 2.17 bits per heavy atom. The number of carbonyl (C=O) groups is 2. The summed E-state index contributed by atoms with van der Waals surface area (Å²) in [6.07, 6.45) is 0. The predicted octanol–water partition coefficient (Wildman–Crippen LogP) is 3.33. The number of carbonyl (C=O) groups excluding carboxylic acids is 2. The van der Waals surface area contributed by atoms with E-state index in [1.165, 1.54) is 4.90 Å². The Morgan fingerprint density at radius 2 is 1.59 bits per heavy atom. The molecule has 29 heavy (non-hydrogen) atoms. The third-order valence-corrected chi connectivity index (χ3v) is 5.05. The number of imide groups is 1. The van der Waals surface area contributed by atoms with Crippen LogP contribution in [0.4, 0.5) is 0 Å². The van der Waals surface area contributed by atoms with Gasteiger partial charge in [-0.3, -0.25) is 14.5 Å². The molecule has 1 heterocycles. The second kappa shape index (κ2) is 8.82. The van der Waals surface area contributed by atoms with Crippen molar-refractivity contribution in [2.45, 2.75) is 20.4 Å². The Hall–Kier alpha value is -3.28. The normalized spacial score (nSPS) is 13.9. The van der Waals surface area contributed by atoms with E-state index in [2.05, 4.69) is 0 Å². The lowest BCUT2D eigenvalue weighted by molar-refractivity contribution is -0.137. The SMILES string of the molecule is CCN(Cc1ccccc1)C1=C(c2ccc(OC)c(OC)c2)C(=O)N(CC)C1=O. The molecule has 0 aliphatic carbocycles. The average molecular weight is 394 g/mol. The van der Waals surface area contributed by atoms with E-state index in [1.807, 2.05) is 42.2 Å². The first-order chi connectivity index (χ1) is 14.0. The van der Waals surface area contributed by atoms with E-state index in [9.17, 15) is 9.59 Å². The van der Waals surface area contributed by atoms with Crippen molar-refractivity contribution < 1.29 is 19.1 Å². The van der Waals surface area contributed by atoms with Crippen LogP contribution in [0.25, 0.3) is 5.57 Å². The van der Waals surface area contributed by atoms with Crippen molar-refractivity contribution >= 4 is 17.4 Å². The van der Waals surface area contributed by atoms with Crippen molar-refractivity contribution in [3.63, 3.8) is 0 Å². The zero-order valence-corrected chi connectivity index (χ0v) is 17.3. The summed E-state index contributed by atoms with van der Waals surface area (Å²) in [7, 11) is 3.11. The summed E-state index contributed by atoms with van der Waals surface area (Å²) in [5.74, 6) is 0.531. The van der Waals surface area contributed by atoms with E-state index in [0.29, 0.717) is 48.0 Å². The summed E-state index contributed by atoms with van der Waals surface area (Å²) in [6.45, 7) is 5.24. The van der Waals surface area contributed by atoms with E-state index >= 15 is 0 Å². The Kier molecular flexibility index (Phi) is 6.22. The van der Waals surface area contributed by atoms with Crippen LogP contribution >= 0.6 is 0 Å². The Bertz CT molecular complexity index is 937. The van der Waals surface area contributed by atoms with E-state index in [0.717, 1.165) is 5.56 Å². The number of rotatable bonds is 8. The molecule has 0 atom stereocenters. The summed E-state index contributed by atoms with van der Waals surface area (Å²) in [5.41, 5.74) is 2.54. The second-order valence-corrected chi connectivity index (χ2v) is 6.65. The van der Waals surface area contributed by atoms with Gasteiger partial charge < -0.3 is 14.4 Å². The number of hydrogen-bond donors (Lipinski definition) is 0. The van der Waals surface area contributed by atoms with Gasteiger partial charge in [-0.1, -0.05) is 36.4 Å². The van der Waals surface area contributed by atoms with Crippen LogP contribution in [0.5, 0.6) is 11.5 Å². The molecule has 0 saturated heterocycles. The standard InChI is InChI=1S/C23H26N2O4/c1-5-24(15-16-10-8-7-9-11-16)21-20(22(26)25(6-2)23(21)27)17-12-13-18(28-3)19(14-17)29-4/h7-14H,5-6,15H2,1-4H3. The van der Waals surface area contributed by atoms with Gasteiger partial charge in [0.05, 0.1) is 19.8 Å². The Labute approximate surface area is 171 Å². The maximum absolute atomic E-state index is 13.1. The van der Waals surface area contributed by atoms with Gasteiger partial charge in [0.25, 0.3) is 11.8 Å². The molecule has 0 radical (unpaired) electrons. The molecule has 1 aliphatic heterocycles. The molecule has 2 aromatic rings. The summed E-state index contributed by atoms with van der Waals surface area (Å²) >= 11 is 0. The maximum atomic E-state index is 13.1. The smallest absolute Gasteiger partial charge is 0.277 e. The Balaban J connectivity index is 2.13. The molecule has 0 bridgehead atoms. The van der Waals surface area contributed by atoms with Crippen LogP contribution in [0.2, 0.25) is 0 Å². The van der Waals surface area contributed by atoms with Crippen LogP contribution in [-0.2, 0) is 16.1 Å². The zero-order chi connectivity index (χ0) is 21.0. The van der Waals surface area contributed by atoms with Gasteiger partial charge in [0.15, 0.2) is 11.5 Å². The van der Waals surface area contributed by atoms with Crippen molar-refractivity contribution in [3.8, 4) is 11.5 Å². The predicted molar refractivity (Wildman–Crippen MR) is 111 cm³/mol. The fourth-order valence-electron chi connectivity index (χ4n) is 3.55. The van der Waals surface area contributed by atoms with Crippen LogP contribution in [0.1, 0.15) is 25.0 Å². The van der Waals surface area contributed by atoms with E-state index in [-0.39, 0.29) is 11.8 Å². The third-order valence-electron chi connectivity index (χ3n) is 5.05. The molecule has 0 N–H and O–H groups in total. The second-order valence-electron chi connectivity index (χ2n) is 6.65. The third kappa shape index (κ3) is 3.83. The molecule has 0 aromatic heterocycles. The number of nitrogens with zero attached hydrogens (tertiary/aromatic N) is 2. The van der Waals surface area contributed by atoms with Crippen molar-refractivity contribution in [2.24, 2.45) is 0 Å². The highest BCUT2D eigenvalue weighted by Gasteiger charge is 2.40. The lowest BCUT2D eigenvalue weighted by Gasteiger charge is -2.24. The van der Waals surface area contributed by atoms with E-state index in [4.69, 9.17) is 9.47 Å². The molecule has 2 amide bonds. The maximum Gasteiger partial charge on any atom is 0.277 e. The molecule has 6 heteroatoms. The van der Waals surface area contributed by atoms with Gasteiger partial charge in [-0.15, -0.1) is 0 Å². The number of ether oxygens (including phenoxy) is 2. The van der Waals surface area contributed by atoms with Crippen LogP contribution in [0.15, 0.2) is 54.2 Å². The number of benzene rings is 2. The van der Waals surface area contributed by atoms with Gasteiger partial charge in [0.1, 0.15) is 5.70 Å². The van der Waals surface area contributed by atoms with Crippen LogP contribution in [0, 0.1) is 0 Å². The molecule has 3 rings (SSSR count). The van der Waals surface area contributed by atoms with Crippen molar-refractivity contribution in [3.05, 3.63) is 65.4 Å². The molecular weight excluding hydrogens is 368 g/mol. The highest BCUT2D eigenvalue weighted by atomic mass is 16.5. The summed E-state index contributed by atoms with van der Waals surface area (Å²) < 4.78 is 10.7.